The molecule has 0 unspecified atom stereocenters. The molecule has 0 N–H and O–H groups in total. The monoisotopic (exact) mass is 880 g/mol. The highest BCUT2D eigenvalue weighted by Gasteiger charge is 2.20. The summed E-state index contributed by atoms with van der Waals surface area (Å²) in [6.45, 7) is 0. The van der Waals surface area contributed by atoms with Crippen molar-refractivity contribution >= 4 is 65.5 Å². The third kappa shape index (κ3) is 6.30. The zero-order chi connectivity index (χ0) is 45.4. The molecule has 8 aromatic carbocycles. The average molecular weight is 881 g/mol. The number of hydrogen-bond acceptors (Lipinski definition) is 3. The number of benzene rings is 8. The summed E-state index contributed by atoms with van der Waals surface area (Å²) in [4.78, 5) is 15.5. The van der Waals surface area contributed by atoms with Crippen molar-refractivity contribution in [2.24, 2.45) is 0 Å². The van der Waals surface area contributed by atoms with Gasteiger partial charge in [-0.2, -0.15) is 0 Å². The molecule has 6 aromatic heterocycles. The summed E-state index contributed by atoms with van der Waals surface area (Å²) < 4.78 is 7.01. The lowest BCUT2D eigenvalue weighted by molar-refractivity contribution is 1.08. The van der Waals surface area contributed by atoms with E-state index in [2.05, 4.69) is 244 Å². The van der Waals surface area contributed by atoms with Gasteiger partial charge in [0.15, 0.2) is 0 Å². The first-order valence-electron chi connectivity index (χ1n) is 23.3. The molecule has 14 aromatic rings. The average Bonchev–Trinajstić information content (AvgIpc) is 4.06. The predicted molar refractivity (Wildman–Crippen MR) is 285 cm³/mol. The van der Waals surface area contributed by atoms with Crippen LogP contribution < -0.4 is 0 Å². The molecule has 0 bridgehead atoms. The molecule has 0 atom stereocenters. The van der Waals surface area contributed by atoms with E-state index in [-0.39, 0.29) is 0 Å². The van der Waals surface area contributed by atoms with Gasteiger partial charge in [-0.3, -0.25) is 9.55 Å². The van der Waals surface area contributed by atoms with E-state index >= 15 is 0 Å². The first-order valence-corrected chi connectivity index (χ1v) is 23.3. The Hall–Kier alpha value is -9.39. The second-order valence-corrected chi connectivity index (χ2v) is 17.7. The number of aromatic nitrogens is 6. The van der Waals surface area contributed by atoms with Gasteiger partial charge >= 0.3 is 0 Å². The summed E-state index contributed by atoms with van der Waals surface area (Å²) >= 11 is 0. The number of hydrogen-bond donors (Lipinski definition) is 0. The third-order valence-corrected chi connectivity index (χ3v) is 13.7. The van der Waals surface area contributed by atoms with Crippen LogP contribution in [0.1, 0.15) is 0 Å². The van der Waals surface area contributed by atoms with Crippen LogP contribution in [0.2, 0.25) is 0 Å². The summed E-state index contributed by atoms with van der Waals surface area (Å²) in [7, 11) is 0. The molecule has 0 aliphatic heterocycles. The zero-order valence-corrected chi connectivity index (χ0v) is 37.3. The maximum absolute atomic E-state index is 5.39. The van der Waals surface area contributed by atoms with E-state index in [1.807, 2.05) is 12.3 Å². The Kier molecular flexibility index (Phi) is 8.79. The fraction of sp³-hybridized carbons (Fsp3) is 0. The molecule has 14 rings (SSSR count). The largest absolute Gasteiger partial charge is 0.309 e. The van der Waals surface area contributed by atoms with Gasteiger partial charge in [0, 0.05) is 55.5 Å². The minimum atomic E-state index is 0.865. The summed E-state index contributed by atoms with van der Waals surface area (Å²) in [6, 6.07) is 84.2. The SMILES string of the molecule is c1ccc(-c2cc(-n3c4ccccc4c4ccc(-c5ccc6c(c5)c5ccccc5n6-c5cccc(-c6ccc7c(c6)c6ncccc6n7-c6ccccc6)n5)cc43)cc(-c3ccccc3)n2)cc1. The van der Waals surface area contributed by atoms with Gasteiger partial charge in [-0.05, 0) is 102 Å². The minimum absolute atomic E-state index is 0.865. The van der Waals surface area contributed by atoms with E-state index in [1.165, 1.54) is 21.5 Å². The number of para-hydroxylation sites is 3. The van der Waals surface area contributed by atoms with Crippen molar-refractivity contribution in [1.29, 1.82) is 0 Å². The lowest BCUT2D eigenvalue weighted by Crippen LogP contribution is -1.99. The Morgan fingerprint density at radius 3 is 1.54 bits per heavy atom. The molecule has 322 valence electrons. The minimum Gasteiger partial charge on any atom is -0.309 e. The Bertz CT molecular complexity index is 4240. The van der Waals surface area contributed by atoms with Crippen LogP contribution in [-0.4, -0.2) is 28.7 Å². The molecule has 0 aliphatic carbocycles. The number of nitrogens with zero attached hydrogens (tertiary/aromatic N) is 6. The topological polar surface area (TPSA) is 53.5 Å². The van der Waals surface area contributed by atoms with E-state index in [0.29, 0.717) is 0 Å². The van der Waals surface area contributed by atoms with Crippen LogP contribution in [0.4, 0.5) is 0 Å². The number of fused-ring (bicyclic) bond motifs is 9. The molecule has 6 nitrogen and oxygen atoms in total. The third-order valence-electron chi connectivity index (χ3n) is 13.7. The molecule has 6 heteroatoms. The second-order valence-electron chi connectivity index (χ2n) is 17.7. The molecule has 0 amide bonds. The first-order chi connectivity index (χ1) is 34.2. The second kappa shape index (κ2) is 15.6. The standard InChI is InChI=1S/C63H40N6/c1-4-16-41(17-5-1)54-39-47(40-55(65-54)42-18-6-2-7-19-42)68-56-25-12-10-22-48(56)50-32-29-44(38-61(50)68)43-30-33-58-51(36-43)49-23-11-13-26-57(49)69(58)62-28-14-24-53(66-62)45-31-34-59-52(37-45)63-60(27-15-35-64-63)67(59)46-20-8-3-9-21-46/h1-40H. The predicted octanol–water partition coefficient (Wildman–Crippen LogP) is 15.8. The van der Waals surface area contributed by atoms with Crippen LogP contribution in [0.5, 0.6) is 0 Å². The fourth-order valence-corrected chi connectivity index (χ4v) is 10.5. The van der Waals surface area contributed by atoms with E-state index in [4.69, 9.17) is 15.0 Å². The van der Waals surface area contributed by atoms with Crippen molar-refractivity contribution in [3.8, 4) is 62.1 Å². The molecule has 0 fully saturated rings. The lowest BCUT2D eigenvalue weighted by atomic mass is 10.0. The van der Waals surface area contributed by atoms with Gasteiger partial charge in [-0.25, -0.2) is 9.97 Å². The highest BCUT2D eigenvalue weighted by Crippen LogP contribution is 2.40. The van der Waals surface area contributed by atoms with E-state index in [0.717, 1.165) is 106 Å². The van der Waals surface area contributed by atoms with Crippen LogP contribution >= 0.6 is 0 Å². The van der Waals surface area contributed by atoms with Gasteiger partial charge in [0.05, 0.1) is 61.4 Å². The van der Waals surface area contributed by atoms with Gasteiger partial charge in [0.1, 0.15) is 5.82 Å². The van der Waals surface area contributed by atoms with Gasteiger partial charge in [0.25, 0.3) is 0 Å². The van der Waals surface area contributed by atoms with Crippen molar-refractivity contribution in [2.45, 2.75) is 0 Å². The van der Waals surface area contributed by atoms with Gasteiger partial charge < -0.3 is 9.13 Å². The molecule has 0 saturated carbocycles. The highest BCUT2D eigenvalue weighted by molar-refractivity contribution is 6.13. The molecule has 69 heavy (non-hydrogen) atoms. The van der Waals surface area contributed by atoms with Crippen LogP contribution in [0.3, 0.4) is 0 Å². The molecule has 0 radical (unpaired) electrons. The van der Waals surface area contributed by atoms with Crippen LogP contribution in [0.25, 0.3) is 128 Å². The lowest BCUT2D eigenvalue weighted by Gasteiger charge is -2.14. The maximum Gasteiger partial charge on any atom is 0.138 e. The Morgan fingerprint density at radius 2 is 0.797 bits per heavy atom. The maximum atomic E-state index is 5.39. The normalized spacial score (nSPS) is 11.8. The van der Waals surface area contributed by atoms with Crippen LogP contribution in [0, 0.1) is 0 Å². The quantitative estimate of drug-likeness (QED) is 0.160. The van der Waals surface area contributed by atoms with Gasteiger partial charge in [-0.1, -0.05) is 146 Å². The van der Waals surface area contributed by atoms with Gasteiger partial charge in [0.2, 0.25) is 0 Å². The summed E-state index contributed by atoms with van der Waals surface area (Å²) in [5, 5.41) is 5.86. The number of pyridine rings is 3. The van der Waals surface area contributed by atoms with Crippen molar-refractivity contribution in [2.75, 3.05) is 0 Å². The summed E-state index contributed by atoms with van der Waals surface area (Å²) in [5.74, 6) is 0.865. The Balaban J connectivity index is 0.900. The molecular formula is C63H40N6. The molecular weight excluding hydrogens is 841 g/mol. The van der Waals surface area contributed by atoms with Crippen LogP contribution in [0.15, 0.2) is 243 Å². The van der Waals surface area contributed by atoms with E-state index in [9.17, 15) is 0 Å². The molecule has 0 aliphatic rings. The molecule has 0 spiro atoms. The van der Waals surface area contributed by atoms with Crippen molar-refractivity contribution < 1.29 is 0 Å². The smallest absolute Gasteiger partial charge is 0.138 e. The Morgan fingerprint density at radius 1 is 0.261 bits per heavy atom. The van der Waals surface area contributed by atoms with Crippen molar-refractivity contribution in [1.82, 2.24) is 28.7 Å². The molecule has 0 saturated heterocycles. The zero-order valence-electron chi connectivity index (χ0n) is 37.3. The fourth-order valence-electron chi connectivity index (χ4n) is 10.5. The van der Waals surface area contributed by atoms with Crippen LogP contribution in [-0.2, 0) is 0 Å². The molecule has 6 heterocycles. The van der Waals surface area contributed by atoms with E-state index < -0.39 is 0 Å². The van der Waals surface area contributed by atoms with Gasteiger partial charge in [-0.15, -0.1) is 0 Å². The first kappa shape index (κ1) is 38.8. The van der Waals surface area contributed by atoms with E-state index in [1.54, 1.807) is 0 Å². The highest BCUT2D eigenvalue weighted by atomic mass is 15.1. The summed E-state index contributed by atoms with van der Waals surface area (Å²) in [5.41, 5.74) is 18.1. The van der Waals surface area contributed by atoms with Crippen molar-refractivity contribution in [3.63, 3.8) is 0 Å². The van der Waals surface area contributed by atoms with Crippen molar-refractivity contribution in [3.05, 3.63) is 243 Å². The summed E-state index contributed by atoms with van der Waals surface area (Å²) in [6.07, 6.45) is 1.87. The number of rotatable bonds is 7. The Labute approximate surface area is 397 Å².